The van der Waals surface area contributed by atoms with E-state index in [2.05, 4.69) is 39.8 Å². The Morgan fingerprint density at radius 3 is 2.91 bits per heavy atom. The van der Waals surface area contributed by atoms with E-state index in [4.69, 9.17) is 4.74 Å². The fraction of sp³-hybridized carbons (Fsp3) is 0.438. The molecule has 1 aliphatic rings. The van der Waals surface area contributed by atoms with Crippen LogP contribution in [0.1, 0.15) is 29.8 Å². The third kappa shape index (κ3) is 4.11. The van der Waals surface area contributed by atoms with E-state index in [0.29, 0.717) is 11.7 Å². The highest BCUT2D eigenvalue weighted by Crippen LogP contribution is 2.20. The van der Waals surface area contributed by atoms with Crippen LogP contribution in [0, 0.1) is 0 Å². The Kier molecular flexibility index (Phi) is 5.13. The molecule has 116 valence electrons. The minimum atomic E-state index is -0.328. The molecule has 0 aliphatic carbocycles. The van der Waals surface area contributed by atoms with Crippen LogP contribution in [-0.4, -0.2) is 28.8 Å². The highest BCUT2D eigenvalue weighted by atomic mass is 32.1. The van der Waals surface area contributed by atoms with E-state index in [9.17, 15) is 4.79 Å². The smallest absolute Gasteiger partial charge is 0.255 e. The van der Waals surface area contributed by atoms with Gasteiger partial charge >= 0.3 is 0 Å². The lowest BCUT2D eigenvalue weighted by Gasteiger charge is -2.06. The van der Waals surface area contributed by atoms with E-state index in [1.165, 1.54) is 16.9 Å². The van der Waals surface area contributed by atoms with Gasteiger partial charge in [0, 0.05) is 13.0 Å². The number of benzene rings is 1. The predicted octanol–water partition coefficient (Wildman–Crippen LogP) is 2.83. The van der Waals surface area contributed by atoms with Crippen molar-refractivity contribution in [2.24, 2.45) is 0 Å². The molecule has 1 amide bonds. The lowest BCUT2D eigenvalue weighted by atomic mass is 10.1. The molecule has 1 N–H and O–H groups in total. The van der Waals surface area contributed by atoms with Crippen LogP contribution in [-0.2, 0) is 22.4 Å². The van der Waals surface area contributed by atoms with Gasteiger partial charge in [0.2, 0.25) is 5.13 Å². The number of amides is 1. The van der Waals surface area contributed by atoms with Crippen molar-refractivity contribution in [1.29, 1.82) is 0 Å². The van der Waals surface area contributed by atoms with E-state index in [1.54, 1.807) is 0 Å². The van der Waals surface area contributed by atoms with Crippen molar-refractivity contribution in [3.63, 3.8) is 0 Å². The predicted molar refractivity (Wildman–Crippen MR) is 86.0 cm³/mol. The molecule has 1 saturated heterocycles. The van der Waals surface area contributed by atoms with E-state index in [0.717, 1.165) is 37.1 Å². The number of carbonyl (C=O) groups excluding carboxylic acids is 1. The molecule has 1 aromatic carbocycles. The SMILES string of the molecule is O=C(Nc1nnc(CCCc2ccccc2)s1)C1CCCO1. The number of ether oxygens (including phenoxy) is 1. The van der Waals surface area contributed by atoms with Gasteiger partial charge in [-0.2, -0.15) is 0 Å². The molecule has 1 fully saturated rings. The molecule has 22 heavy (non-hydrogen) atoms. The average Bonchev–Trinajstić information content (AvgIpc) is 3.20. The molecule has 6 heteroatoms. The second kappa shape index (κ2) is 7.47. The van der Waals surface area contributed by atoms with Crippen molar-refractivity contribution in [2.45, 2.75) is 38.2 Å². The van der Waals surface area contributed by atoms with Crippen LogP contribution >= 0.6 is 11.3 Å². The first-order valence-electron chi connectivity index (χ1n) is 7.60. The first-order chi connectivity index (χ1) is 10.8. The van der Waals surface area contributed by atoms with Crippen LogP contribution in [0.3, 0.4) is 0 Å². The van der Waals surface area contributed by atoms with E-state index < -0.39 is 0 Å². The summed E-state index contributed by atoms with van der Waals surface area (Å²) in [5, 5.41) is 12.5. The van der Waals surface area contributed by atoms with Crippen molar-refractivity contribution >= 4 is 22.4 Å². The molecular formula is C16H19N3O2S. The number of aryl methyl sites for hydroxylation is 2. The first-order valence-corrected chi connectivity index (χ1v) is 8.42. The van der Waals surface area contributed by atoms with Crippen LogP contribution in [0.25, 0.3) is 0 Å². The lowest BCUT2D eigenvalue weighted by molar-refractivity contribution is -0.124. The van der Waals surface area contributed by atoms with E-state index in [1.807, 2.05) is 6.07 Å². The average molecular weight is 317 g/mol. The number of nitrogens with one attached hydrogen (secondary N) is 1. The molecule has 2 aromatic rings. The summed E-state index contributed by atoms with van der Waals surface area (Å²) in [6.07, 6.45) is 4.33. The molecule has 0 saturated carbocycles. The van der Waals surface area contributed by atoms with Gasteiger partial charge in [0.15, 0.2) is 0 Å². The van der Waals surface area contributed by atoms with E-state index >= 15 is 0 Å². The number of hydrogen-bond donors (Lipinski definition) is 1. The van der Waals surface area contributed by atoms with Crippen molar-refractivity contribution < 1.29 is 9.53 Å². The summed E-state index contributed by atoms with van der Waals surface area (Å²) in [6.45, 7) is 0.666. The lowest BCUT2D eigenvalue weighted by Crippen LogP contribution is -2.26. The van der Waals surface area contributed by atoms with Gasteiger partial charge in [0.1, 0.15) is 11.1 Å². The molecule has 1 atom stereocenters. The maximum atomic E-state index is 11.9. The van der Waals surface area contributed by atoms with E-state index in [-0.39, 0.29) is 12.0 Å². The third-order valence-corrected chi connectivity index (χ3v) is 4.52. The normalized spacial score (nSPS) is 17.5. The Morgan fingerprint density at radius 2 is 2.14 bits per heavy atom. The highest BCUT2D eigenvalue weighted by molar-refractivity contribution is 7.15. The first kappa shape index (κ1) is 15.1. The van der Waals surface area contributed by atoms with Crippen molar-refractivity contribution in [1.82, 2.24) is 10.2 Å². The monoisotopic (exact) mass is 317 g/mol. The second-order valence-electron chi connectivity index (χ2n) is 5.33. The molecule has 1 aromatic heterocycles. The Balaban J connectivity index is 1.45. The van der Waals surface area contributed by atoms with Gasteiger partial charge in [-0.3, -0.25) is 10.1 Å². The molecule has 0 spiro atoms. The van der Waals surface area contributed by atoms with Gasteiger partial charge in [0.05, 0.1) is 0 Å². The maximum Gasteiger partial charge on any atom is 0.255 e. The van der Waals surface area contributed by atoms with Gasteiger partial charge in [-0.25, -0.2) is 0 Å². The summed E-state index contributed by atoms with van der Waals surface area (Å²) < 4.78 is 5.35. The van der Waals surface area contributed by atoms with Crippen LogP contribution in [0.5, 0.6) is 0 Å². The van der Waals surface area contributed by atoms with Gasteiger partial charge in [0.25, 0.3) is 5.91 Å². The minimum absolute atomic E-state index is 0.107. The quantitative estimate of drug-likeness (QED) is 0.890. The standard InChI is InChI=1S/C16H19N3O2S/c20-15(13-9-5-11-21-13)17-16-19-18-14(22-16)10-4-8-12-6-2-1-3-7-12/h1-3,6-7,13H,4-5,8-11H2,(H,17,19,20). The van der Waals surface area contributed by atoms with Gasteiger partial charge in [-0.05, 0) is 31.2 Å². The van der Waals surface area contributed by atoms with Crippen LogP contribution in [0.2, 0.25) is 0 Å². The zero-order chi connectivity index (χ0) is 15.2. The summed E-state index contributed by atoms with van der Waals surface area (Å²) in [5.74, 6) is -0.107. The molecule has 3 rings (SSSR count). The minimum Gasteiger partial charge on any atom is -0.368 e. The third-order valence-electron chi connectivity index (χ3n) is 3.62. The van der Waals surface area contributed by atoms with Crippen molar-refractivity contribution in [3.8, 4) is 0 Å². The number of rotatable bonds is 6. The topological polar surface area (TPSA) is 64.1 Å². The van der Waals surface area contributed by atoms with Crippen LogP contribution in [0.15, 0.2) is 30.3 Å². The molecule has 2 heterocycles. The molecular weight excluding hydrogens is 298 g/mol. The molecule has 5 nitrogen and oxygen atoms in total. The number of carbonyl (C=O) groups is 1. The summed E-state index contributed by atoms with van der Waals surface area (Å²) in [4.78, 5) is 11.9. The number of hydrogen-bond acceptors (Lipinski definition) is 5. The summed E-state index contributed by atoms with van der Waals surface area (Å²) in [5.41, 5.74) is 1.33. The number of nitrogens with zero attached hydrogens (tertiary/aromatic N) is 2. The largest absolute Gasteiger partial charge is 0.368 e. The molecule has 0 radical (unpaired) electrons. The molecule has 1 unspecified atom stereocenters. The molecule has 0 bridgehead atoms. The van der Waals surface area contributed by atoms with Crippen LogP contribution < -0.4 is 5.32 Å². The van der Waals surface area contributed by atoms with Crippen LogP contribution in [0.4, 0.5) is 5.13 Å². The Bertz CT molecular complexity index is 609. The highest BCUT2D eigenvalue weighted by Gasteiger charge is 2.24. The fourth-order valence-electron chi connectivity index (χ4n) is 2.46. The second-order valence-corrected chi connectivity index (χ2v) is 6.39. The summed E-state index contributed by atoms with van der Waals surface area (Å²) in [6, 6.07) is 10.4. The van der Waals surface area contributed by atoms with Crippen molar-refractivity contribution in [2.75, 3.05) is 11.9 Å². The maximum absolute atomic E-state index is 11.9. The number of aromatic nitrogens is 2. The van der Waals surface area contributed by atoms with Gasteiger partial charge < -0.3 is 4.74 Å². The summed E-state index contributed by atoms with van der Waals surface area (Å²) in [7, 11) is 0. The number of anilines is 1. The van der Waals surface area contributed by atoms with Gasteiger partial charge in [-0.15, -0.1) is 10.2 Å². The van der Waals surface area contributed by atoms with Gasteiger partial charge in [-0.1, -0.05) is 41.7 Å². The Morgan fingerprint density at radius 1 is 1.27 bits per heavy atom. The van der Waals surface area contributed by atoms with Crippen molar-refractivity contribution in [3.05, 3.63) is 40.9 Å². The zero-order valence-electron chi connectivity index (χ0n) is 12.3. The Hall–Kier alpha value is -1.79. The summed E-state index contributed by atoms with van der Waals surface area (Å²) >= 11 is 1.45. The Labute approximate surface area is 133 Å². The fourth-order valence-corrected chi connectivity index (χ4v) is 3.25. The zero-order valence-corrected chi connectivity index (χ0v) is 13.1. The molecule has 1 aliphatic heterocycles.